The molecule has 1 atom stereocenters. The maximum atomic E-state index is 12.9. The number of allylic oxidation sites excluding steroid dienone is 12. The monoisotopic (exact) mass is 1060 g/mol. The Balaban J connectivity index is 4.26. The minimum absolute atomic E-state index is 0.0862. The molecule has 0 bridgehead atoms. The summed E-state index contributed by atoms with van der Waals surface area (Å²) in [6, 6.07) is 0. The highest BCUT2D eigenvalue weighted by Gasteiger charge is 2.19. The van der Waals surface area contributed by atoms with E-state index in [4.69, 9.17) is 14.2 Å². The van der Waals surface area contributed by atoms with Crippen molar-refractivity contribution in [3.05, 3.63) is 72.9 Å². The number of ether oxygens (including phenoxy) is 3. The molecule has 0 fully saturated rings. The van der Waals surface area contributed by atoms with Crippen LogP contribution < -0.4 is 0 Å². The molecule has 76 heavy (non-hydrogen) atoms. The first kappa shape index (κ1) is 72.8. The molecule has 0 aromatic carbocycles. The first-order valence-electron chi connectivity index (χ1n) is 32.9. The molecule has 6 nitrogen and oxygen atoms in total. The Labute approximate surface area is 472 Å². The zero-order valence-electron chi connectivity index (χ0n) is 50.5. The summed E-state index contributed by atoms with van der Waals surface area (Å²) < 4.78 is 16.9. The van der Waals surface area contributed by atoms with E-state index in [0.717, 1.165) is 96.3 Å². The van der Waals surface area contributed by atoms with Crippen LogP contribution in [0.4, 0.5) is 0 Å². The maximum Gasteiger partial charge on any atom is 0.306 e. The molecule has 0 saturated carbocycles. The summed E-state index contributed by atoms with van der Waals surface area (Å²) in [5, 5.41) is 0. The molecule has 0 saturated heterocycles. The molecule has 0 aliphatic carbocycles. The van der Waals surface area contributed by atoms with E-state index in [9.17, 15) is 14.4 Å². The second-order valence-electron chi connectivity index (χ2n) is 22.0. The lowest BCUT2D eigenvalue weighted by molar-refractivity contribution is -0.167. The summed E-state index contributed by atoms with van der Waals surface area (Å²) in [7, 11) is 0. The van der Waals surface area contributed by atoms with E-state index in [1.165, 1.54) is 199 Å². The fourth-order valence-electron chi connectivity index (χ4n) is 9.48. The van der Waals surface area contributed by atoms with Gasteiger partial charge in [-0.25, -0.2) is 0 Å². The average molecular weight is 1060 g/mol. The molecule has 0 radical (unpaired) electrons. The van der Waals surface area contributed by atoms with E-state index in [2.05, 4.69) is 93.7 Å². The Morgan fingerprint density at radius 3 is 0.842 bits per heavy atom. The van der Waals surface area contributed by atoms with Crippen molar-refractivity contribution in [2.45, 2.75) is 341 Å². The third-order valence-electron chi connectivity index (χ3n) is 14.4. The Morgan fingerprint density at radius 2 is 0.513 bits per heavy atom. The van der Waals surface area contributed by atoms with Crippen molar-refractivity contribution in [3.63, 3.8) is 0 Å². The summed E-state index contributed by atoms with van der Waals surface area (Å²) in [5.41, 5.74) is 0. The highest BCUT2D eigenvalue weighted by atomic mass is 16.6. The van der Waals surface area contributed by atoms with Crippen molar-refractivity contribution in [1.82, 2.24) is 0 Å². The first-order valence-corrected chi connectivity index (χ1v) is 32.9. The van der Waals surface area contributed by atoms with E-state index in [1.54, 1.807) is 0 Å². The fraction of sp³-hybridized carbons (Fsp3) is 0.786. The highest BCUT2D eigenvalue weighted by Crippen LogP contribution is 2.17. The largest absolute Gasteiger partial charge is 0.462 e. The molecule has 0 rings (SSSR count). The minimum Gasteiger partial charge on any atom is -0.462 e. The molecule has 0 heterocycles. The molecule has 0 spiro atoms. The summed E-state index contributed by atoms with van der Waals surface area (Å²) in [6.45, 7) is 6.52. The molecule has 1 unspecified atom stereocenters. The molecule has 0 amide bonds. The van der Waals surface area contributed by atoms with E-state index in [1.807, 2.05) is 0 Å². The van der Waals surface area contributed by atoms with Crippen LogP contribution in [-0.4, -0.2) is 37.2 Å². The first-order chi connectivity index (χ1) is 37.5. The smallest absolute Gasteiger partial charge is 0.306 e. The van der Waals surface area contributed by atoms with Gasteiger partial charge in [-0.2, -0.15) is 0 Å². The molecule has 6 heteroatoms. The van der Waals surface area contributed by atoms with Crippen molar-refractivity contribution in [3.8, 4) is 0 Å². The third kappa shape index (κ3) is 61.7. The number of rotatable bonds is 60. The van der Waals surface area contributed by atoms with E-state index >= 15 is 0 Å². The second-order valence-corrected chi connectivity index (χ2v) is 22.0. The van der Waals surface area contributed by atoms with Gasteiger partial charge < -0.3 is 14.2 Å². The van der Waals surface area contributed by atoms with Crippen LogP contribution in [0.25, 0.3) is 0 Å². The van der Waals surface area contributed by atoms with Crippen molar-refractivity contribution in [1.29, 1.82) is 0 Å². The molecule has 0 aliphatic heterocycles. The molecule has 0 N–H and O–H groups in total. The van der Waals surface area contributed by atoms with Crippen LogP contribution >= 0.6 is 0 Å². The van der Waals surface area contributed by atoms with Gasteiger partial charge in [0.1, 0.15) is 13.2 Å². The summed E-state index contributed by atoms with van der Waals surface area (Å²) in [6.07, 6.45) is 83.5. The van der Waals surface area contributed by atoms with Gasteiger partial charge in [0.2, 0.25) is 0 Å². The topological polar surface area (TPSA) is 78.9 Å². The summed E-state index contributed by atoms with van der Waals surface area (Å²) >= 11 is 0. The van der Waals surface area contributed by atoms with Crippen molar-refractivity contribution in [2.24, 2.45) is 0 Å². The number of carbonyl (C=O) groups is 3. The molecule has 440 valence electrons. The number of carbonyl (C=O) groups excluding carboxylic acids is 3. The van der Waals surface area contributed by atoms with Gasteiger partial charge in [-0.05, 0) is 109 Å². The normalized spacial score (nSPS) is 12.5. The van der Waals surface area contributed by atoms with Crippen LogP contribution in [0.1, 0.15) is 335 Å². The van der Waals surface area contributed by atoms with Crippen LogP contribution in [0.5, 0.6) is 0 Å². The predicted octanol–water partition coefficient (Wildman–Crippen LogP) is 22.5. The standard InChI is InChI=1S/C70H124O6/c1-4-7-10-13-16-19-22-25-27-29-31-32-33-34-35-36-37-38-39-41-42-45-48-51-54-57-60-63-69(72)75-66-67(65-74-68(71)62-59-56-53-50-47-44-24-21-18-15-12-9-6-3)76-70(73)64-61-58-55-52-49-46-43-40-30-28-26-23-20-17-14-11-8-5-2/h9,12,18,20-21,23,28-31,44,47,67H,4-8,10-11,13-17,19,22,24-27,32-43,45-46,48-66H2,1-3H3/b12-9-,21-18-,23-20-,30-28-,31-29-,47-44-. The zero-order chi connectivity index (χ0) is 55.0. The number of unbranched alkanes of at least 4 members (excludes halogenated alkanes) is 37. The van der Waals surface area contributed by atoms with Gasteiger partial charge in [-0.3, -0.25) is 14.4 Å². The van der Waals surface area contributed by atoms with Gasteiger partial charge in [0.05, 0.1) is 0 Å². The van der Waals surface area contributed by atoms with E-state index in [-0.39, 0.29) is 31.1 Å². The van der Waals surface area contributed by atoms with Crippen molar-refractivity contribution < 1.29 is 28.6 Å². The van der Waals surface area contributed by atoms with Gasteiger partial charge in [0.15, 0.2) is 6.10 Å². The van der Waals surface area contributed by atoms with E-state index < -0.39 is 6.10 Å². The molecule has 0 aromatic heterocycles. The van der Waals surface area contributed by atoms with Crippen molar-refractivity contribution >= 4 is 17.9 Å². The lowest BCUT2D eigenvalue weighted by Crippen LogP contribution is -2.30. The molecule has 0 aromatic rings. The summed E-state index contributed by atoms with van der Waals surface area (Å²) in [4.78, 5) is 38.3. The Hall–Kier alpha value is -3.15. The van der Waals surface area contributed by atoms with Crippen LogP contribution in [-0.2, 0) is 28.6 Å². The predicted molar refractivity (Wildman–Crippen MR) is 330 cm³/mol. The van der Waals surface area contributed by atoms with Gasteiger partial charge in [-0.15, -0.1) is 0 Å². The quantitative estimate of drug-likeness (QED) is 0.0261. The van der Waals surface area contributed by atoms with Gasteiger partial charge >= 0.3 is 17.9 Å². The Morgan fingerprint density at radius 1 is 0.276 bits per heavy atom. The van der Waals surface area contributed by atoms with Crippen LogP contribution in [0, 0.1) is 0 Å². The number of esters is 3. The highest BCUT2D eigenvalue weighted by molar-refractivity contribution is 5.71. The van der Waals surface area contributed by atoms with Crippen LogP contribution in [0.15, 0.2) is 72.9 Å². The van der Waals surface area contributed by atoms with Gasteiger partial charge in [0.25, 0.3) is 0 Å². The average Bonchev–Trinajstić information content (AvgIpc) is 3.42. The number of hydrogen-bond donors (Lipinski definition) is 0. The minimum atomic E-state index is -0.792. The van der Waals surface area contributed by atoms with Gasteiger partial charge in [0, 0.05) is 19.3 Å². The lowest BCUT2D eigenvalue weighted by Gasteiger charge is -2.18. The summed E-state index contributed by atoms with van der Waals surface area (Å²) in [5.74, 6) is -0.910. The maximum absolute atomic E-state index is 12.9. The Bertz CT molecular complexity index is 1400. The zero-order valence-corrected chi connectivity index (χ0v) is 50.5. The van der Waals surface area contributed by atoms with Crippen LogP contribution in [0.2, 0.25) is 0 Å². The second kappa shape index (κ2) is 64.4. The molecule has 0 aliphatic rings. The Kier molecular flexibility index (Phi) is 61.7. The fourth-order valence-corrected chi connectivity index (χ4v) is 9.48. The SMILES string of the molecule is CC/C=C\C/C=C\C/C=C\CCCCCC(=O)OCC(COC(=O)CCCCCCCCCCCCCCCCC/C=C\CCCCCCCCCC)OC(=O)CCCCCCCCC/C=C\C/C=C\CCCCCC. The third-order valence-corrected chi connectivity index (χ3v) is 14.4. The van der Waals surface area contributed by atoms with Crippen molar-refractivity contribution in [2.75, 3.05) is 13.2 Å². The van der Waals surface area contributed by atoms with Crippen LogP contribution in [0.3, 0.4) is 0 Å². The molecular weight excluding hydrogens is 937 g/mol. The lowest BCUT2D eigenvalue weighted by atomic mass is 10.0. The van der Waals surface area contributed by atoms with E-state index in [0.29, 0.717) is 19.3 Å². The number of hydrogen-bond acceptors (Lipinski definition) is 6. The molecular formula is C70H124O6. The van der Waals surface area contributed by atoms with Gasteiger partial charge in [-0.1, -0.05) is 280 Å².